The molecular weight excluding hydrogens is 432 g/mol. The molecule has 1 unspecified atom stereocenters. The Morgan fingerprint density at radius 3 is 2.44 bits per heavy atom. The van der Waals surface area contributed by atoms with Crippen molar-refractivity contribution in [3.63, 3.8) is 0 Å². The molecule has 32 heavy (non-hydrogen) atoms. The summed E-state index contributed by atoms with van der Waals surface area (Å²) in [5.74, 6) is -0.288. The summed E-state index contributed by atoms with van der Waals surface area (Å²) in [6, 6.07) is 12.0. The lowest BCUT2D eigenvalue weighted by atomic mass is 10.0. The molecule has 0 bridgehead atoms. The summed E-state index contributed by atoms with van der Waals surface area (Å²) in [5.41, 5.74) is 0.723. The van der Waals surface area contributed by atoms with Crippen LogP contribution in [0.5, 0.6) is 5.75 Å². The third kappa shape index (κ3) is 4.72. The molecule has 0 aliphatic carbocycles. The van der Waals surface area contributed by atoms with Crippen molar-refractivity contribution in [1.82, 2.24) is 4.90 Å². The van der Waals surface area contributed by atoms with Gasteiger partial charge in [-0.15, -0.1) is 0 Å². The summed E-state index contributed by atoms with van der Waals surface area (Å²) >= 11 is 0. The van der Waals surface area contributed by atoms with Gasteiger partial charge in [-0.2, -0.15) is 0 Å². The van der Waals surface area contributed by atoms with E-state index in [-0.39, 0.29) is 17.4 Å². The molecule has 2 aromatic carbocycles. The lowest BCUT2D eigenvalue weighted by molar-refractivity contribution is -0.149. The normalized spacial score (nSPS) is 16.3. The molecule has 1 heterocycles. The van der Waals surface area contributed by atoms with Crippen LogP contribution in [0.2, 0.25) is 0 Å². The average Bonchev–Trinajstić information content (AvgIpc) is 2.83. The molecule has 1 amide bonds. The number of likely N-dealkylation sites (tertiary alicyclic amines) is 1. The van der Waals surface area contributed by atoms with Crippen LogP contribution in [-0.4, -0.2) is 58.5 Å². The smallest absolute Gasteiger partial charge is 0.328 e. The van der Waals surface area contributed by atoms with Crippen molar-refractivity contribution in [3.05, 3.63) is 54.1 Å². The fourth-order valence-electron chi connectivity index (χ4n) is 3.77. The lowest BCUT2D eigenvalue weighted by Crippen LogP contribution is -2.48. The highest BCUT2D eigenvalue weighted by atomic mass is 32.2. The van der Waals surface area contributed by atoms with Gasteiger partial charge in [0.05, 0.1) is 24.3 Å². The van der Waals surface area contributed by atoms with Crippen molar-refractivity contribution in [1.29, 1.82) is 0 Å². The molecule has 0 saturated carbocycles. The lowest BCUT2D eigenvalue weighted by Gasteiger charge is -2.34. The van der Waals surface area contributed by atoms with Gasteiger partial charge in [0.25, 0.3) is 15.9 Å². The first-order valence-corrected chi connectivity index (χ1v) is 11.9. The van der Waals surface area contributed by atoms with Crippen LogP contribution in [0.25, 0.3) is 0 Å². The summed E-state index contributed by atoms with van der Waals surface area (Å²) in [5, 5.41) is 0. The van der Waals surface area contributed by atoms with E-state index in [0.717, 1.165) is 17.1 Å². The monoisotopic (exact) mass is 460 g/mol. The number of benzene rings is 2. The molecule has 1 aliphatic heterocycles. The Labute approximate surface area is 188 Å². The van der Waals surface area contributed by atoms with Crippen molar-refractivity contribution in [2.24, 2.45) is 0 Å². The molecule has 8 nitrogen and oxygen atoms in total. The number of hydrogen-bond donors (Lipinski definition) is 0. The molecule has 3 rings (SSSR count). The summed E-state index contributed by atoms with van der Waals surface area (Å²) in [4.78, 5) is 26.9. The number of sulfonamides is 1. The number of esters is 1. The quantitative estimate of drug-likeness (QED) is 0.590. The van der Waals surface area contributed by atoms with Crippen LogP contribution >= 0.6 is 0 Å². The maximum absolute atomic E-state index is 13.1. The Morgan fingerprint density at radius 1 is 1.09 bits per heavy atom. The maximum atomic E-state index is 13.1. The van der Waals surface area contributed by atoms with Crippen LogP contribution in [0, 0.1) is 0 Å². The number of piperidine rings is 1. The zero-order valence-corrected chi connectivity index (χ0v) is 19.3. The highest BCUT2D eigenvalue weighted by Crippen LogP contribution is 2.31. The second kappa shape index (κ2) is 10.0. The second-order valence-corrected chi connectivity index (χ2v) is 9.40. The standard InChI is InChI=1S/C23H28N2O6S/c1-4-31-23(27)20-10-7-8-16-25(20)22(26)17-12-14-18(15-13-17)32(28,29)24(2)19-9-5-6-11-21(19)30-3/h5-6,9,11-15,20H,4,7-8,10,16H2,1-3H3. The van der Waals surface area contributed by atoms with E-state index < -0.39 is 22.0 Å². The van der Waals surface area contributed by atoms with E-state index in [1.807, 2.05) is 0 Å². The van der Waals surface area contributed by atoms with E-state index in [4.69, 9.17) is 9.47 Å². The number of carbonyl (C=O) groups excluding carboxylic acids is 2. The minimum atomic E-state index is -3.87. The van der Waals surface area contributed by atoms with Gasteiger partial charge in [-0.25, -0.2) is 13.2 Å². The van der Waals surface area contributed by atoms with Gasteiger partial charge in [0.2, 0.25) is 0 Å². The van der Waals surface area contributed by atoms with Gasteiger partial charge in [-0.05, 0) is 62.6 Å². The summed E-state index contributed by atoms with van der Waals surface area (Å²) < 4.78 is 37.8. The predicted molar refractivity (Wildman–Crippen MR) is 120 cm³/mol. The number of para-hydroxylation sites is 2. The van der Waals surface area contributed by atoms with Crippen molar-refractivity contribution in [2.75, 3.05) is 31.6 Å². The molecule has 172 valence electrons. The third-order valence-corrected chi connectivity index (χ3v) is 7.29. The first-order valence-electron chi connectivity index (χ1n) is 10.5. The van der Waals surface area contributed by atoms with Gasteiger partial charge >= 0.3 is 5.97 Å². The van der Waals surface area contributed by atoms with E-state index in [1.54, 1.807) is 31.2 Å². The van der Waals surface area contributed by atoms with Crippen LogP contribution in [0.15, 0.2) is 53.4 Å². The fraction of sp³-hybridized carbons (Fsp3) is 0.391. The van der Waals surface area contributed by atoms with E-state index >= 15 is 0 Å². The van der Waals surface area contributed by atoms with E-state index in [2.05, 4.69) is 0 Å². The summed E-state index contributed by atoms with van der Waals surface area (Å²) in [7, 11) is -0.945. The minimum absolute atomic E-state index is 0.0445. The molecular formula is C23H28N2O6S. The molecule has 9 heteroatoms. The molecule has 2 aromatic rings. The number of rotatable bonds is 7. The molecule has 0 N–H and O–H groups in total. The number of methoxy groups -OCH3 is 1. The molecule has 1 saturated heterocycles. The number of carbonyl (C=O) groups is 2. The SMILES string of the molecule is CCOC(=O)C1CCCCN1C(=O)c1ccc(S(=O)(=O)N(C)c2ccccc2OC)cc1. The Bertz CT molecular complexity index is 1070. The maximum Gasteiger partial charge on any atom is 0.328 e. The van der Waals surface area contributed by atoms with Crippen LogP contribution in [-0.2, 0) is 19.6 Å². The van der Waals surface area contributed by atoms with Crippen molar-refractivity contribution in [3.8, 4) is 5.75 Å². The number of anilines is 1. The zero-order valence-electron chi connectivity index (χ0n) is 18.5. The number of ether oxygens (including phenoxy) is 2. The fourth-order valence-corrected chi connectivity index (χ4v) is 4.98. The van der Waals surface area contributed by atoms with Crippen molar-refractivity contribution in [2.45, 2.75) is 37.1 Å². The van der Waals surface area contributed by atoms with Crippen LogP contribution in [0.3, 0.4) is 0 Å². The Morgan fingerprint density at radius 2 is 1.78 bits per heavy atom. The predicted octanol–water partition coefficient (Wildman–Crippen LogP) is 3.08. The van der Waals surface area contributed by atoms with E-state index in [1.165, 1.54) is 43.3 Å². The van der Waals surface area contributed by atoms with Gasteiger partial charge in [0.15, 0.2) is 0 Å². The largest absolute Gasteiger partial charge is 0.495 e. The van der Waals surface area contributed by atoms with Gasteiger partial charge < -0.3 is 14.4 Å². The Hall–Kier alpha value is -3.07. The summed E-state index contributed by atoms with van der Waals surface area (Å²) in [6.07, 6.45) is 2.21. The Kier molecular flexibility index (Phi) is 7.40. The molecule has 1 atom stereocenters. The topological polar surface area (TPSA) is 93.2 Å². The van der Waals surface area contributed by atoms with E-state index in [9.17, 15) is 18.0 Å². The Balaban J connectivity index is 1.83. The average molecular weight is 461 g/mol. The highest BCUT2D eigenvalue weighted by molar-refractivity contribution is 7.92. The van der Waals surface area contributed by atoms with Crippen LogP contribution in [0.4, 0.5) is 5.69 Å². The van der Waals surface area contributed by atoms with Gasteiger partial charge in [0.1, 0.15) is 11.8 Å². The first kappa shape index (κ1) is 23.6. The van der Waals surface area contributed by atoms with Crippen molar-refractivity contribution < 1.29 is 27.5 Å². The van der Waals surface area contributed by atoms with Gasteiger partial charge in [-0.1, -0.05) is 12.1 Å². The van der Waals surface area contributed by atoms with E-state index in [0.29, 0.717) is 30.0 Å². The number of nitrogens with zero attached hydrogens (tertiary/aromatic N) is 2. The minimum Gasteiger partial charge on any atom is -0.495 e. The molecule has 0 spiro atoms. The second-order valence-electron chi connectivity index (χ2n) is 7.43. The zero-order chi connectivity index (χ0) is 23.3. The molecule has 1 fully saturated rings. The number of amides is 1. The molecule has 1 aliphatic rings. The number of hydrogen-bond acceptors (Lipinski definition) is 6. The first-order chi connectivity index (χ1) is 15.3. The van der Waals surface area contributed by atoms with Gasteiger partial charge in [0, 0.05) is 19.2 Å². The third-order valence-electron chi connectivity index (χ3n) is 5.51. The van der Waals surface area contributed by atoms with Crippen LogP contribution in [0.1, 0.15) is 36.5 Å². The molecule has 0 radical (unpaired) electrons. The van der Waals surface area contributed by atoms with Crippen LogP contribution < -0.4 is 9.04 Å². The van der Waals surface area contributed by atoms with Gasteiger partial charge in [-0.3, -0.25) is 9.10 Å². The summed E-state index contributed by atoms with van der Waals surface area (Å²) in [6.45, 7) is 2.44. The highest BCUT2D eigenvalue weighted by Gasteiger charge is 2.34. The molecule has 0 aromatic heterocycles. The van der Waals surface area contributed by atoms with Crippen molar-refractivity contribution >= 4 is 27.6 Å².